The number of aromatic nitrogens is 2. The third-order valence-corrected chi connectivity index (χ3v) is 4.71. The first-order valence-corrected chi connectivity index (χ1v) is 8.74. The second-order valence-corrected chi connectivity index (χ2v) is 7.58. The number of carbonyl (C=O) groups excluding carboxylic acids is 1. The van der Waals surface area contributed by atoms with E-state index in [0.717, 1.165) is 16.9 Å². The van der Waals surface area contributed by atoms with E-state index in [0.29, 0.717) is 36.9 Å². The van der Waals surface area contributed by atoms with Crippen molar-refractivity contribution in [3.8, 4) is 17.2 Å². The first-order valence-electron chi connectivity index (χ1n) is 8.74. The van der Waals surface area contributed by atoms with E-state index in [2.05, 4.69) is 31.2 Å². The van der Waals surface area contributed by atoms with Crippen molar-refractivity contribution >= 4 is 11.7 Å². The van der Waals surface area contributed by atoms with Gasteiger partial charge in [0.2, 0.25) is 11.7 Å². The van der Waals surface area contributed by atoms with Crippen molar-refractivity contribution in [1.82, 2.24) is 9.78 Å². The third kappa shape index (κ3) is 2.67. The third-order valence-electron chi connectivity index (χ3n) is 4.71. The Hall–Kier alpha value is -2.70. The van der Waals surface area contributed by atoms with Crippen LogP contribution in [0, 0.1) is 0 Å². The zero-order valence-corrected chi connectivity index (χ0v) is 15.5. The summed E-state index contributed by atoms with van der Waals surface area (Å²) in [6, 6.07) is 3.87. The molecule has 4 rings (SSSR count). The van der Waals surface area contributed by atoms with E-state index in [-0.39, 0.29) is 17.4 Å². The van der Waals surface area contributed by atoms with E-state index < -0.39 is 0 Å². The number of rotatable bonds is 2. The Kier molecular flexibility index (Phi) is 3.82. The van der Waals surface area contributed by atoms with Crippen LogP contribution in [0.15, 0.2) is 18.3 Å². The molecule has 26 heavy (non-hydrogen) atoms. The van der Waals surface area contributed by atoms with E-state index in [1.165, 1.54) is 0 Å². The second kappa shape index (κ2) is 5.93. The standard InChI is InChI=1S/C19H23N3O4/c1-19(2,3)22-18-13(10-20-22)12(9-16(23)21-18)11-7-14(24-4)17-15(8-11)25-5-6-26-17/h7-8,10,12H,5-6,9H2,1-4H3,(H,21,23). The number of nitrogens with one attached hydrogen (secondary N) is 1. The van der Waals surface area contributed by atoms with Gasteiger partial charge in [-0.2, -0.15) is 5.10 Å². The number of amides is 1. The van der Waals surface area contributed by atoms with Crippen LogP contribution < -0.4 is 19.5 Å². The summed E-state index contributed by atoms with van der Waals surface area (Å²) in [6.07, 6.45) is 2.19. The van der Waals surface area contributed by atoms with Gasteiger partial charge >= 0.3 is 0 Å². The average molecular weight is 357 g/mol. The quantitative estimate of drug-likeness (QED) is 0.894. The number of ether oxygens (including phenoxy) is 3. The van der Waals surface area contributed by atoms with Crippen LogP contribution in [0.4, 0.5) is 5.82 Å². The highest BCUT2D eigenvalue weighted by Crippen LogP contribution is 2.46. The molecule has 0 saturated carbocycles. The lowest BCUT2D eigenvalue weighted by atomic mass is 9.87. The molecule has 3 heterocycles. The van der Waals surface area contributed by atoms with Crippen LogP contribution in [0.1, 0.15) is 44.2 Å². The van der Waals surface area contributed by atoms with Crippen molar-refractivity contribution in [2.45, 2.75) is 38.6 Å². The maximum atomic E-state index is 12.4. The Morgan fingerprint density at radius 2 is 2.04 bits per heavy atom. The Morgan fingerprint density at radius 1 is 1.27 bits per heavy atom. The van der Waals surface area contributed by atoms with Gasteiger partial charge in [-0.15, -0.1) is 0 Å². The molecule has 1 amide bonds. The van der Waals surface area contributed by atoms with Gasteiger partial charge in [0.1, 0.15) is 19.0 Å². The summed E-state index contributed by atoms with van der Waals surface area (Å²) < 4.78 is 18.8. The van der Waals surface area contributed by atoms with Crippen molar-refractivity contribution in [1.29, 1.82) is 0 Å². The number of benzene rings is 1. The number of anilines is 1. The molecular formula is C19H23N3O4. The molecule has 0 radical (unpaired) electrons. The number of hydrogen-bond donors (Lipinski definition) is 1. The van der Waals surface area contributed by atoms with Crippen LogP contribution in [0.25, 0.3) is 0 Å². The van der Waals surface area contributed by atoms with Crippen molar-refractivity contribution in [3.05, 3.63) is 29.5 Å². The molecule has 2 aliphatic heterocycles. The molecule has 1 atom stereocenters. The Labute approximate surface area is 152 Å². The fourth-order valence-electron chi connectivity index (χ4n) is 3.52. The van der Waals surface area contributed by atoms with E-state index >= 15 is 0 Å². The van der Waals surface area contributed by atoms with Crippen LogP contribution in [-0.4, -0.2) is 36.0 Å². The first kappa shape index (κ1) is 16.8. The maximum Gasteiger partial charge on any atom is 0.226 e. The summed E-state index contributed by atoms with van der Waals surface area (Å²) in [7, 11) is 1.61. The van der Waals surface area contributed by atoms with Crippen molar-refractivity contribution in [2.75, 3.05) is 25.6 Å². The lowest BCUT2D eigenvalue weighted by Gasteiger charge is -2.29. The molecule has 2 aliphatic rings. The summed E-state index contributed by atoms with van der Waals surface area (Å²) in [4.78, 5) is 12.4. The predicted octanol–water partition coefficient (Wildman–Crippen LogP) is 2.89. The second-order valence-electron chi connectivity index (χ2n) is 7.58. The summed E-state index contributed by atoms with van der Waals surface area (Å²) >= 11 is 0. The SMILES string of the molecule is COc1cc(C2CC(=O)Nc3c2cnn3C(C)(C)C)cc2c1OCCO2. The highest BCUT2D eigenvalue weighted by molar-refractivity contribution is 5.94. The van der Waals surface area contributed by atoms with E-state index in [9.17, 15) is 4.79 Å². The molecule has 138 valence electrons. The number of fused-ring (bicyclic) bond motifs is 2. The molecule has 0 fully saturated rings. The van der Waals surface area contributed by atoms with Gasteiger partial charge in [-0.1, -0.05) is 0 Å². The average Bonchev–Trinajstić information content (AvgIpc) is 3.04. The van der Waals surface area contributed by atoms with Gasteiger partial charge in [-0.05, 0) is 38.5 Å². The van der Waals surface area contributed by atoms with Gasteiger partial charge in [0.15, 0.2) is 11.5 Å². The largest absolute Gasteiger partial charge is 0.493 e. The molecule has 1 N–H and O–H groups in total. The van der Waals surface area contributed by atoms with Crippen molar-refractivity contribution in [2.24, 2.45) is 0 Å². The highest BCUT2D eigenvalue weighted by atomic mass is 16.6. The first-order chi connectivity index (χ1) is 12.4. The summed E-state index contributed by atoms with van der Waals surface area (Å²) in [6.45, 7) is 7.17. The lowest BCUT2D eigenvalue weighted by molar-refractivity contribution is -0.116. The fraction of sp³-hybridized carbons (Fsp3) is 0.474. The van der Waals surface area contributed by atoms with E-state index in [1.54, 1.807) is 7.11 Å². The molecule has 2 aromatic rings. The Balaban J connectivity index is 1.83. The number of methoxy groups -OCH3 is 1. The van der Waals surface area contributed by atoms with Crippen molar-refractivity contribution in [3.63, 3.8) is 0 Å². The number of hydrogen-bond acceptors (Lipinski definition) is 5. The van der Waals surface area contributed by atoms with Gasteiger partial charge in [0, 0.05) is 17.9 Å². The normalized spacial score (nSPS) is 18.9. The topological polar surface area (TPSA) is 74.6 Å². The van der Waals surface area contributed by atoms with Gasteiger partial charge in [-0.3, -0.25) is 4.79 Å². The number of nitrogens with zero attached hydrogens (tertiary/aromatic N) is 2. The maximum absolute atomic E-state index is 12.4. The predicted molar refractivity (Wildman–Crippen MR) is 96.3 cm³/mol. The van der Waals surface area contributed by atoms with Gasteiger partial charge in [0.25, 0.3) is 0 Å². The molecule has 0 saturated heterocycles. The smallest absolute Gasteiger partial charge is 0.226 e. The van der Waals surface area contributed by atoms with Gasteiger partial charge in [0.05, 0.1) is 18.8 Å². The molecule has 0 bridgehead atoms. The molecule has 1 unspecified atom stereocenters. The fourth-order valence-corrected chi connectivity index (χ4v) is 3.52. The Bertz CT molecular complexity index is 849. The molecule has 1 aromatic carbocycles. The monoisotopic (exact) mass is 357 g/mol. The van der Waals surface area contributed by atoms with Crippen LogP contribution in [0.3, 0.4) is 0 Å². The van der Waals surface area contributed by atoms with Gasteiger partial charge < -0.3 is 19.5 Å². The summed E-state index contributed by atoms with van der Waals surface area (Å²) in [5.41, 5.74) is 1.72. The summed E-state index contributed by atoms with van der Waals surface area (Å²) in [5, 5.41) is 7.50. The molecule has 0 aliphatic carbocycles. The van der Waals surface area contributed by atoms with Crippen molar-refractivity contribution < 1.29 is 19.0 Å². The summed E-state index contributed by atoms with van der Waals surface area (Å²) in [5.74, 6) is 2.51. The zero-order valence-electron chi connectivity index (χ0n) is 15.5. The minimum absolute atomic E-state index is 0.0256. The lowest BCUT2D eigenvalue weighted by Crippen LogP contribution is -2.30. The Morgan fingerprint density at radius 3 is 2.77 bits per heavy atom. The van der Waals surface area contributed by atoms with Crippen LogP contribution in [-0.2, 0) is 10.3 Å². The van der Waals surface area contributed by atoms with E-state index in [4.69, 9.17) is 14.2 Å². The molecule has 1 aromatic heterocycles. The van der Waals surface area contributed by atoms with Crippen LogP contribution >= 0.6 is 0 Å². The zero-order chi connectivity index (χ0) is 18.5. The van der Waals surface area contributed by atoms with E-state index in [1.807, 2.05) is 23.0 Å². The molecule has 7 heteroatoms. The van der Waals surface area contributed by atoms with Crippen LogP contribution in [0.2, 0.25) is 0 Å². The highest BCUT2D eigenvalue weighted by Gasteiger charge is 2.34. The minimum Gasteiger partial charge on any atom is -0.493 e. The van der Waals surface area contributed by atoms with Gasteiger partial charge in [-0.25, -0.2) is 4.68 Å². The minimum atomic E-state index is -0.229. The van der Waals surface area contributed by atoms with Crippen LogP contribution in [0.5, 0.6) is 17.2 Å². The molecule has 0 spiro atoms. The number of carbonyl (C=O) groups is 1. The molecular weight excluding hydrogens is 334 g/mol. The molecule has 7 nitrogen and oxygen atoms in total.